The molecule has 0 unspecified atom stereocenters. The highest BCUT2D eigenvalue weighted by molar-refractivity contribution is 5.54. The Morgan fingerprint density at radius 1 is 1.35 bits per heavy atom. The summed E-state index contributed by atoms with van der Waals surface area (Å²) >= 11 is 0. The number of halogens is 3. The van der Waals surface area contributed by atoms with Crippen LogP contribution in [0.5, 0.6) is 0 Å². The van der Waals surface area contributed by atoms with Gasteiger partial charge in [0.15, 0.2) is 0 Å². The molecule has 0 aliphatic carbocycles. The fourth-order valence-electron chi connectivity index (χ4n) is 1.99. The summed E-state index contributed by atoms with van der Waals surface area (Å²) in [5.41, 5.74) is -0.992. The molecule has 0 atom stereocenters. The highest BCUT2D eigenvalue weighted by Gasteiger charge is 2.33. The lowest BCUT2D eigenvalue weighted by Gasteiger charge is -2.24. The summed E-state index contributed by atoms with van der Waals surface area (Å²) in [6, 6.07) is 7.15. The van der Waals surface area contributed by atoms with Crippen LogP contribution in [0.3, 0.4) is 0 Å². The summed E-state index contributed by atoms with van der Waals surface area (Å²) < 4.78 is 48.9. The number of rotatable bonds is 6. The first-order valence-electron chi connectivity index (χ1n) is 6.70. The molecule has 0 fully saturated rings. The van der Waals surface area contributed by atoms with Gasteiger partial charge in [-0.15, -0.1) is 0 Å². The van der Waals surface area contributed by atoms with E-state index in [-0.39, 0.29) is 31.1 Å². The largest absolute Gasteiger partial charge is 0.467 e. The second-order valence-electron chi connectivity index (χ2n) is 4.67. The molecule has 2 heterocycles. The fourth-order valence-corrected chi connectivity index (χ4v) is 1.99. The SMILES string of the molecule is COCCN(Cc1ccco1)c1nc(C(F)(F)F)ccc1C#N. The first-order valence-corrected chi connectivity index (χ1v) is 6.70. The molecule has 8 heteroatoms. The van der Waals surface area contributed by atoms with Gasteiger partial charge in [-0.3, -0.25) is 0 Å². The normalized spacial score (nSPS) is 11.3. The van der Waals surface area contributed by atoms with Crippen molar-refractivity contribution in [2.24, 2.45) is 0 Å². The standard InChI is InChI=1S/C15H14F3N3O2/c1-22-8-6-21(10-12-3-2-7-23-12)14-11(9-19)4-5-13(20-14)15(16,17)18/h2-5,7H,6,8,10H2,1H3. The van der Waals surface area contributed by atoms with Gasteiger partial charge < -0.3 is 14.1 Å². The van der Waals surface area contributed by atoms with E-state index >= 15 is 0 Å². The molecule has 5 nitrogen and oxygen atoms in total. The molecule has 0 saturated carbocycles. The number of hydrogen-bond donors (Lipinski definition) is 0. The third-order valence-electron chi connectivity index (χ3n) is 3.08. The molecule has 122 valence electrons. The summed E-state index contributed by atoms with van der Waals surface area (Å²) in [6.07, 6.45) is -3.12. The maximum atomic E-state index is 12.9. The number of furan rings is 1. The average Bonchev–Trinajstić information content (AvgIpc) is 3.03. The zero-order chi connectivity index (χ0) is 16.9. The quantitative estimate of drug-likeness (QED) is 0.816. The molecule has 23 heavy (non-hydrogen) atoms. The Morgan fingerprint density at radius 3 is 2.70 bits per heavy atom. The summed E-state index contributed by atoms with van der Waals surface area (Å²) in [7, 11) is 1.48. The van der Waals surface area contributed by atoms with E-state index in [1.165, 1.54) is 18.3 Å². The highest BCUT2D eigenvalue weighted by Crippen LogP contribution is 2.30. The number of nitrogens with zero attached hydrogens (tertiary/aromatic N) is 3. The van der Waals surface area contributed by atoms with Gasteiger partial charge in [-0.2, -0.15) is 18.4 Å². The van der Waals surface area contributed by atoms with Gasteiger partial charge in [-0.05, 0) is 24.3 Å². The van der Waals surface area contributed by atoms with Crippen molar-refractivity contribution in [2.45, 2.75) is 12.7 Å². The topological polar surface area (TPSA) is 62.3 Å². The Balaban J connectivity index is 2.41. The van der Waals surface area contributed by atoms with Crippen molar-refractivity contribution >= 4 is 5.82 Å². The van der Waals surface area contributed by atoms with Crippen molar-refractivity contribution in [3.05, 3.63) is 47.5 Å². The second kappa shape index (κ2) is 7.15. The van der Waals surface area contributed by atoms with Gasteiger partial charge in [0, 0.05) is 13.7 Å². The Hall–Kier alpha value is -2.53. The number of pyridine rings is 1. The molecule has 0 aliphatic rings. The minimum Gasteiger partial charge on any atom is -0.467 e. The Bertz CT molecular complexity index is 678. The van der Waals surface area contributed by atoms with Crippen LogP contribution in [0.1, 0.15) is 17.0 Å². The van der Waals surface area contributed by atoms with Crippen LogP contribution in [-0.4, -0.2) is 25.2 Å². The molecule has 0 amide bonds. The number of methoxy groups -OCH3 is 1. The Morgan fingerprint density at radius 2 is 2.13 bits per heavy atom. The fraction of sp³-hybridized carbons (Fsp3) is 0.333. The van der Waals surface area contributed by atoms with E-state index < -0.39 is 11.9 Å². The van der Waals surface area contributed by atoms with Crippen LogP contribution in [-0.2, 0) is 17.5 Å². The first-order chi connectivity index (χ1) is 11.0. The molecule has 2 rings (SSSR count). The minimum atomic E-state index is -4.58. The third kappa shape index (κ3) is 4.23. The lowest BCUT2D eigenvalue weighted by molar-refractivity contribution is -0.141. The number of anilines is 1. The van der Waals surface area contributed by atoms with Gasteiger partial charge in [-0.25, -0.2) is 4.98 Å². The molecular formula is C15H14F3N3O2. The van der Waals surface area contributed by atoms with Crippen molar-refractivity contribution in [3.63, 3.8) is 0 Å². The number of hydrogen-bond acceptors (Lipinski definition) is 5. The van der Waals surface area contributed by atoms with E-state index in [0.717, 1.165) is 12.1 Å². The molecule has 2 aromatic rings. The molecule has 2 aromatic heterocycles. The lowest BCUT2D eigenvalue weighted by atomic mass is 10.2. The van der Waals surface area contributed by atoms with Gasteiger partial charge in [0.2, 0.25) is 0 Å². The van der Waals surface area contributed by atoms with E-state index in [4.69, 9.17) is 14.4 Å². The summed E-state index contributed by atoms with van der Waals surface area (Å²) in [6.45, 7) is 0.711. The van der Waals surface area contributed by atoms with Crippen LogP contribution in [0.2, 0.25) is 0 Å². The van der Waals surface area contributed by atoms with Gasteiger partial charge >= 0.3 is 6.18 Å². The van der Waals surface area contributed by atoms with Crippen LogP contribution in [0.25, 0.3) is 0 Å². The summed E-state index contributed by atoms with van der Waals surface area (Å²) in [4.78, 5) is 5.15. The number of alkyl halides is 3. The summed E-state index contributed by atoms with van der Waals surface area (Å²) in [5, 5.41) is 9.16. The molecular weight excluding hydrogens is 311 g/mol. The first kappa shape index (κ1) is 16.8. The molecule has 0 aliphatic heterocycles. The number of ether oxygens (including phenoxy) is 1. The predicted octanol–water partition coefficient (Wildman–Crippen LogP) is 3.22. The highest BCUT2D eigenvalue weighted by atomic mass is 19.4. The molecule has 0 aromatic carbocycles. The molecule has 0 saturated heterocycles. The van der Waals surface area contributed by atoms with Crippen molar-refractivity contribution in [2.75, 3.05) is 25.2 Å². The van der Waals surface area contributed by atoms with Crippen LogP contribution >= 0.6 is 0 Å². The van der Waals surface area contributed by atoms with Crippen molar-refractivity contribution in [1.82, 2.24) is 4.98 Å². The number of nitriles is 1. The maximum Gasteiger partial charge on any atom is 0.433 e. The van der Waals surface area contributed by atoms with Crippen molar-refractivity contribution in [3.8, 4) is 6.07 Å². The minimum absolute atomic E-state index is 0.0456. The van der Waals surface area contributed by atoms with Gasteiger partial charge in [0.25, 0.3) is 0 Å². The molecule has 0 N–H and O–H groups in total. The van der Waals surface area contributed by atoms with Gasteiger partial charge in [0.1, 0.15) is 23.3 Å². The van der Waals surface area contributed by atoms with E-state index in [2.05, 4.69) is 4.98 Å². The Kier molecular flexibility index (Phi) is 5.24. The molecule has 0 bridgehead atoms. The van der Waals surface area contributed by atoms with Gasteiger partial charge in [-0.1, -0.05) is 0 Å². The van der Waals surface area contributed by atoms with Gasteiger partial charge in [0.05, 0.1) is 25.0 Å². The maximum absolute atomic E-state index is 12.9. The molecule has 0 spiro atoms. The van der Waals surface area contributed by atoms with E-state index in [0.29, 0.717) is 5.76 Å². The van der Waals surface area contributed by atoms with Crippen LogP contribution in [0.4, 0.5) is 19.0 Å². The molecule has 0 radical (unpaired) electrons. The second-order valence-corrected chi connectivity index (χ2v) is 4.67. The van der Waals surface area contributed by atoms with Crippen LogP contribution in [0, 0.1) is 11.3 Å². The van der Waals surface area contributed by atoms with E-state index in [9.17, 15) is 13.2 Å². The predicted molar refractivity (Wildman–Crippen MR) is 75.6 cm³/mol. The summed E-state index contributed by atoms with van der Waals surface area (Å²) in [5.74, 6) is 0.500. The van der Waals surface area contributed by atoms with E-state index in [1.807, 2.05) is 6.07 Å². The lowest BCUT2D eigenvalue weighted by Crippen LogP contribution is -2.29. The van der Waals surface area contributed by atoms with Crippen LogP contribution < -0.4 is 4.90 Å². The average molecular weight is 325 g/mol. The third-order valence-corrected chi connectivity index (χ3v) is 3.08. The monoisotopic (exact) mass is 325 g/mol. The van der Waals surface area contributed by atoms with Crippen molar-refractivity contribution in [1.29, 1.82) is 5.26 Å². The van der Waals surface area contributed by atoms with Crippen molar-refractivity contribution < 1.29 is 22.3 Å². The zero-order valence-electron chi connectivity index (χ0n) is 12.3. The zero-order valence-corrected chi connectivity index (χ0v) is 12.3. The number of aromatic nitrogens is 1. The van der Waals surface area contributed by atoms with Crippen LogP contribution in [0.15, 0.2) is 34.9 Å². The smallest absolute Gasteiger partial charge is 0.433 e. The van der Waals surface area contributed by atoms with E-state index in [1.54, 1.807) is 12.1 Å². The Labute approximate surface area is 130 Å².